The van der Waals surface area contributed by atoms with Crippen LogP contribution in [0.5, 0.6) is 0 Å². The Morgan fingerprint density at radius 1 is 1.05 bits per heavy atom. The minimum Gasteiger partial charge on any atom is -0.346 e. The molecular formula is C17H17ClFNO2. The van der Waals surface area contributed by atoms with Gasteiger partial charge in [-0.3, -0.25) is 0 Å². The molecule has 2 aromatic carbocycles. The highest BCUT2D eigenvalue weighted by atomic mass is 35.5. The first-order valence-corrected chi connectivity index (χ1v) is 7.57. The van der Waals surface area contributed by atoms with Gasteiger partial charge in [0.25, 0.3) is 0 Å². The van der Waals surface area contributed by atoms with E-state index in [4.69, 9.17) is 21.1 Å². The van der Waals surface area contributed by atoms with Gasteiger partial charge >= 0.3 is 0 Å². The molecule has 22 heavy (non-hydrogen) atoms. The van der Waals surface area contributed by atoms with E-state index in [0.29, 0.717) is 31.9 Å². The lowest BCUT2D eigenvalue weighted by Crippen LogP contribution is -2.14. The summed E-state index contributed by atoms with van der Waals surface area (Å²) in [5.74, 6) is -0.359. The van der Waals surface area contributed by atoms with Crippen molar-refractivity contribution in [3.05, 3.63) is 70.0 Å². The highest BCUT2D eigenvalue weighted by Gasteiger charge is 2.17. The maximum absolute atomic E-state index is 13.8. The van der Waals surface area contributed by atoms with Crippen LogP contribution in [0.3, 0.4) is 0 Å². The molecule has 0 atom stereocenters. The lowest BCUT2D eigenvalue weighted by atomic mass is 10.1. The van der Waals surface area contributed by atoms with Crippen LogP contribution in [0.1, 0.15) is 23.0 Å². The SMILES string of the molecule is Fc1c(Cl)cccc1CNCc1ccc(C2OCCO2)cc1. The number of ether oxygens (including phenoxy) is 2. The molecule has 1 saturated heterocycles. The van der Waals surface area contributed by atoms with Gasteiger partial charge in [0.2, 0.25) is 0 Å². The van der Waals surface area contributed by atoms with Crippen molar-refractivity contribution in [1.29, 1.82) is 0 Å². The molecule has 1 heterocycles. The molecule has 2 aromatic rings. The van der Waals surface area contributed by atoms with Crippen molar-refractivity contribution in [2.45, 2.75) is 19.4 Å². The number of hydrogen-bond acceptors (Lipinski definition) is 3. The second-order valence-corrected chi connectivity index (χ2v) is 5.54. The molecule has 3 nitrogen and oxygen atoms in total. The molecule has 0 radical (unpaired) electrons. The fraction of sp³-hybridized carbons (Fsp3) is 0.294. The predicted octanol–water partition coefficient (Wildman–Crippen LogP) is 3.81. The van der Waals surface area contributed by atoms with Gasteiger partial charge in [-0.25, -0.2) is 4.39 Å². The zero-order valence-electron chi connectivity index (χ0n) is 12.0. The summed E-state index contributed by atoms with van der Waals surface area (Å²) in [5, 5.41) is 3.37. The maximum atomic E-state index is 13.8. The summed E-state index contributed by atoms with van der Waals surface area (Å²) in [4.78, 5) is 0. The van der Waals surface area contributed by atoms with Crippen molar-refractivity contribution in [3.63, 3.8) is 0 Å². The first kappa shape index (κ1) is 15.4. The normalized spacial score (nSPS) is 15.4. The molecule has 1 aliphatic heterocycles. The zero-order chi connectivity index (χ0) is 15.4. The second kappa shape index (κ2) is 7.20. The quantitative estimate of drug-likeness (QED) is 0.908. The Labute approximate surface area is 134 Å². The average molecular weight is 322 g/mol. The van der Waals surface area contributed by atoms with Crippen LogP contribution >= 0.6 is 11.6 Å². The van der Waals surface area contributed by atoms with Crippen LogP contribution < -0.4 is 5.32 Å². The van der Waals surface area contributed by atoms with Crippen LogP contribution in [0.2, 0.25) is 5.02 Å². The molecule has 116 valence electrons. The Morgan fingerprint density at radius 3 is 2.50 bits per heavy atom. The third-order valence-corrected chi connectivity index (χ3v) is 3.84. The molecule has 1 aliphatic rings. The first-order chi connectivity index (χ1) is 10.7. The smallest absolute Gasteiger partial charge is 0.184 e. The van der Waals surface area contributed by atoms with Gasteiger partial charge in [0.15, 0.2) is 6.29 Å². The summed E-state index contributed by atoms with van der Waals surface area (Å²) in [6.45, 7) is 2.36. The number of rotatable bonds is 5. The van der Waals surface area contributed by atoms with E-state index in [1.807, 2.05) is 24.3 Å². The molecule has 0 aliphatic carbocycles. The van der Waals surface area contributed by atoms with Crippen molar-refractivity contribution in [2.24, 2.45) is 0 Å². The van der Waals surface area contributed by atoms with E-state index in [-0.39, 0.29) is 17.1 Å². The third-order valence-electron chi connectivity index (χ3n) is 3.55. The van der Waals surface area contributed by atoms with E-state index >= 15 is 0 Å². The van der Waals surface area contributed by atoms with E-state index in [0.717, 1.165) is 11.1 Å². The van der Waals surface area contributed by atoms with Gasteiger partial charge in [-0.05, 0) is 11.6 Å². The van der Waals surface area contributed by atoms with Gasteiger partial charge in [-0.1, -0.05) is 48.0 Å². The maximum Gasteiger partial charge on any atom is 0.184 e. The van der Waals surface area contributed by atoms with Crippen LogP contribution in [0.25, 0.3) is 0 Å². The van der Waals surface area contributed by atoms with Gasteiger partial charge in [0, 0.05) is 24.2 Å². The Balaban J connectivity index is 1.54. The fourth-order valence-corrected chi connectivity index (χ4v) is 2.56. The topological polar surface area (TPSA) is 30.5 Å². The highest BCUT2D eigenvalue weighted by molar-refractivity contribution is 6.30. The Kier molecular flexibility index (Phi) is 5.05. The molecule has 1 N–H and O–H groups in total. The number of halogens is 2. The predicted molar refractivity (Wildman–Crippen MR) is 83.0 cm³/mol. The van der Waals surface area contributed by atoms with Crippen LogP contribution in [-0.2, 0) is 22.6 Å². The van der Waals surface area contributed by atoms with E-state index in [2.05, 4.69) is 5.32 Å². The Morgan fingerprint density at radius 2 is 1.77 bits per heavy atom. The third kappa shape index (κ3) is 3.65. The molecule has 0 amide bonds. The number of benzene rings is 2. The highest BCUT2D eigenvalue weighted by Crippen LogP contribution is 2.23. The average Bonchev–Trinajstić information content (AvgIpc) is 3.07. The van der Waals surface area contributed by atoms with E-state index in [9.17, 15) is 4.39 Å². The lowest BCUT2D eigenvalue weighted by Gasteiger charge is -2.11. The van der Waals surface area contributed by atoms with Gasteiger partial charge in [0.1, 0.15) is 5.82 Å². The fourth-order valence-electron chi connectivity index (χ4n) is 2.37. The Bertz CT molecular complexity index is 627. The standard InChI is InChI=1S/C17H17ClFNO2/c18-15-3-1-2-14(16(15)19)11-20-10-12-4-6-13(7-5-12)17-21-8-9-22-17/h1-7,17,20H,8-11H2. The summed E-state index contributed by atoms with van der Waals surface area (Å²) in [5.41, 5.74) is 2.70. The van der Waals surface area contributed by atoms with Crippen LogP contribution in [0, 0.1) is 5.82 Å². The molecule has 3 rings (SSSR count). The molecule has 0 saturated carbocycles. The molecule has 1 fully saturated rings. The lowest BCUT2D eigenvalue weighted by molar-refractivity contribution is -0.0441. The monoisotopic (exact) mass is 321 g/mol. The van der Waals surface area contributed by atoms with Crippen LogP contribution in [-0.4, -0.2) is 13.2 Å². The molecule has 0 bridgehead atoms. The molecule has 5 heteroatoms. The number of hydrogen-bond donors (Lipinski definition) is 1. The molecule has 0 aromatic heterocycles. The van der Waals surface area contributed by atoms with Crippen molar-refractivity contribution in [1.82, 2.24) is 5.32 Å². The second-order valence-electron chi connectivity index (χ2n) is 5.13. The minimum atomic E-state index is -0.359. The Hall–Kier alpha value is -1.46. The molecule has 0 unspecified atom stereocenters. The minimum absolute atomic E-state index is 0.153. The van der Waals surface area contributed by atoms with E-state index < -0.39 is 0 Å². The van der Waals surface area contributed by atoms with E-state index in [1.54, 1.807) is 18.2 Å². The summed E-state index contributed by atoms with van der Waals surface area (Å²) in [7, 11) is 0. The summed E-state index contributed by atoms with van der Waals surface area (Å²) >= 11 is 5.76. The van der Waals surface area contributed by atoms with Crippen molar-refractivity contribution < 1.29 is 13.9 Å². The van der Waals surface area contributed by atoms with Crippen LogP contribution in [0.15, 0.2) is 42.5 Å². The van der Waals surface area contributed by atoms with Gasteiger partial charge in [-0.2, -0.15) is 0 Å². The van der Waals surface area contributed by atoms with Crippen LogP contribution in [0.4, 0.5) is 4.39 Å². The first-order valence-electron chi connectivity index (χ1n) is 7.19. The van der Waals surface area contributed by atoms with Gasteiger partial charge in [0.05, 0.1) is 18.2 Å². The summed E-state index contributed by atoms with van der Waals surface area (Å²) < 4.78 is 24.7. The van der Waals surface area contributed by atoms with E-state index in [1.165, 1.54) is 0 Å². The van der Waals surface area contributed by atoms with Crippen molar-refractivity contribution in [2.75, 3.05) is 13.2 Å². The molecular weight excluding hydrogens is 305 g/mol. The van der Waals surface area contributed by atoms with Gasteiger partial charge in [-0.15, -0.1) is 0 Å². The van der Waals surface area contributed by atoms with Crippen molar-refractivity contribution in [3.8, 4) is 0 Å². The number of nitrogens with one attached hydrogen (secondary N) is 1. The zero-order valence-corrected chi connectivity index (χ0v) is 12.8. The largest absolute Gasteiger partial charge is 0.346 e. The summed E-state index contributed by atoms with van der Waals surface area (Å²) in [6.07, 6.45) is -0.248. The molecule has 0 spiro atoms. The summed E-state index contributed by atoms with van der Waals surface area (Å²) in [6, 6.07) is 13.0. The van der Waals surface area contributed by atoms with Crippen molar-refractivity contribution >= 4 is 11.6 Å². The van der Waals surface area contributed by atoms with Gasteiger partial charge < -0.3 is 14.8 Å².